The van der Waals surface area contributed by atoms with Crippen LogP contribution < -0.4 is 10.1 Å². The molecule has 104 valence electrons. The predicted molar refractivity (Wildman–Crippen MR) is 82.0 cm³/mol. The average Bonchev–Trinajstić information content (AvgIpc) is 2.91. The molecule has 4 nitrogen and oxygen atoms in total. The van der Waals surface area contributed by atoms with Crippen molar-refractivity contribution in [1.29, 1.82) is 5.26 Å². The molecule has 0 saturated carbocycles. The lowest BCUT2D eigenvalue weighted by Gasteiger charge is -2.12. The summed E-state index contributed by atoms with van der Waals surface area (Å²) < 4.78 is 6.44. The van der Waals surface area contributed by atoms with Crippen molar-refractivity contribution in [3.05, 3.63) is 58.1 Å². The quantitative estimate of drug-likeness (QED) is 0.910. The molecule has 1 aliphatic heterocycles. The summed E-state index contributed by atoms with van der Waals surface area (Å²) in [5.41, 5.74) is 1.92. The summed E-state index contributed by atoms with van der Waals surface area (Å²) >= 11 is 3.33. The second-order valence-corrected chi connectivity index (χ2v) is 5.62. The molecule has 1 heterocycles. The maximum atomic E-state index is 12.3. The molecular formula is C16H11BrN2O2. The van der Waals surface area contributed by atoms with Gasteiger partial charge in [0.25, 0.3) is 5.91 Å². The molecule has 3 rings (SSSR count). The third kappa shape index (κ3) is 2.76. The lowest BCUT2D eigenvalue weighted by atomic mass is 10.1. The van der Waals surface area contributed by atoms with Crippen molar-refractivity contribution in [2.24, 2.45) is 0 Å². The van der Waals surface area contributed by atoms with Crippen LogP contribution in [0.15, 0.2) is 46.9 Å². The molecule has 1 aliphatic rings. The highest BCUT2D eigenvalue weighted by atomic mass is 79.9. The van der Waals surface area contributed by atoms with Crippen molar-refractivity contribution in [1.82, 2.24) is 0 Å². The number of halogens is 1. The average molecular weight is 343 g/mol. The Hall–Kier alpha value is -2.32. The number of ether oxygens (including phenoxy) is 1. The molecule has 2 aromatic rings. The molecule has 1 N–H and O–H groups in total. The van der Waals surface area contributed by atoms with Gasteiger partial charge in [-0.1, -0.05) is 34.1 Å². The molecule has 1 amide bonds. The smallest absolute Gasteiger partial charge is 0.265 e. The van der Waals surface area contributed by atoms with Crippen molar-refractivity contribution >= 4 is 27.5 Å². The predicted octanol–water partition coefficient (Wildman–Crippen LogP) is 3.26. The van der Waals surface area contributed by atoms with Gasteiger partial charge in [-0.2, -0.15) is 5.26 Å². The lowest BCUT2D eigenvalue weighted by Crippen LogP contribution is -2.31. The molecule has 0 aromatic heterocycles. The number of hydrogen-bond acceptors (Lipinski definition) is 3. The van der Waals surface area contributed by atoms with E-state index in [0.29, 0.717) is 17.7 Å². The van der Waals surface area contributed by atoms with Gasteiger partial charge in [0.2, 0.25) is 0 Å². The standard InChI is InChI=1S/C16H11BrN2O2/c17-12-6-5-11(9-18)13(8-12)19-16(20)15-7-10-3-1-2-4-14(10)21-15/h1-6,8,15H,7H2,(H,19,20). The van der Waals surface area contributed by atoms with Gasteiger partial charge in [0.05, 0.1) is 11.3 Å². The largest absolute Gasteiger partial charge is 0.480 e. The van der Waals surface area contributed by atoms with Crippen LogP contribution in [0.2, 0.25) is 0 Å². The van der Waals surface area contributed by atoms with E-state index in [1.165, 1.54) is 0 Å². The summed E-state index contributed by atoms with van der Waals surface area (Å²) in [6, 6.07) is 14.8. The van der Waals surface area contributed by atoms with E-state index in [0.717, 1.165) is 15.8 Å². The molecule has 0 bridgehead atoms. The van der Waals surface area contributed by atoms with Gasteiger partial charge < -0.3 is 10.1 Å². The van der Waals surface area contributed by atoms with Gasteiger partial charge in [0, 0.05) is 10.9 Å². The Balaban J connectivity index is 1.77. The number of amides is 1. The van der Waals surface area contributed by atoms with Crippen LogP contribution in [0.25, 0.3) is 0 Å². The van der Waals surface area contributed by atoms with Crippen LogP contribution in [0.5, 0.6) is 5.75 Å². The molecule has 0 spiro atoms. The summed E-state index contributed by atoms with van der Waals surface area (Å²) in [4.78, 5) is 12.3. The summed E-state index contributed by atoms with van der Waals surface area (Å²) in [5.74, 6) is 0.494. The van der Waals surface area contributed by atoms with Crippen LogP contribution in [0.1, 0.15) is 11.1 Å². The van der Waals surface area contributed by atoms with E-state index in [1.54, 1.807) is 18.2 Å². The Morgan fingerprint density at radius 3 is 2.90 bits per heavy atom. The summed E-state index contributed by atoms with van der Waals surface area (Å²) in [6.45, 7) is 0. The summed E-state index contributed by atoms with van der Waals surface area (Å²) in [5, 5.41) is 11.8. The third-order valence-electron chi connectivity index (χ3n) is 3.30. The molecule has 0 fully saturated rings. The molecule has 0 radical (unpaired) electrons. The Morgan fingerprint density at radius 2 is 2.14 bits per heavy atom. The highest BCUT2D eigenvalue weighted by molar-refractivity contribution is 9.10. The van der Waals surface area contributed by atoms with E-state index in [-0.39, 0.29) is 5.91 Å². The third-order valence-corrected chi connectivity index (χ3v) is 3.79. The first-order chi connectivity index (χ1) is 10.2. The fourth-order valence-corrected chi connectivity index (χ4v) is 2.62. The number of nitrogens with zero attached hydrogens (tertiary/aromatic N) is 1. The van der Waals surface area contributed by atoms with E-state index in [9.17, 15) is 4.79 Å². The van der Waals surface area contributed by atoms with E-state index in [2.05, 4.69) is 27.3 Å². The Morgan fingerprint density at radius 1 is 1.33 bits per heavy atom. The van der Waals surface area contributed by atoms with Gasteiger partial charge in [-0.3, -0.25) is 4.79 Å². The van der Waals surface area contributed by atoms with E-state index >= 15 is 0 Å². The van der Waals surface area contributed by atoms with Gasteiger partial charge in [-0.25, -0.2) is 0 Å². The molecule has 0 aliphatic carbocycles. The van der Waals surface area contributed by atoms with Gasteiger partial charge in [0.1, 0.15) is 11.8 Å². The van der Waals surface area contributed by atoms with Crippen molar-refractivity contribution in [3.63, 3.8) is 0 Å². The fourth-order valence-electron chi connectivity index (χ4n) is 2.26. The zero-order chi connectivity index (χ0) is 14.8. The molecule has 1 atom stereocenters. The number of nitriles is 1. The minimum absolute atomic E-state index is 0.249. The van der Waals surface area contributed by atoms with Crippen molar-refractivity contribution in [2.45, 2.75) is 12.5 Å². The topological polar surface area (TPSA) is 62.1 Å². The highest BCUT2D eigenvalue weighted by Gasteiger charge is 2.29. The maximum absolute atomic E-state index is 12.3. The second kappa shape index (κ2) is 5.58. The lowest BCUT2D eigenvalue weighted by molar-refractivity contribution is -0.122. The monoisotopic (exact) mass is 342 g/mol. The number of rotatable bonds is 2. The zero-order valence-electron chi connectivity index (χ0n) is 11.0. The number of carbonyl (C=O) groups excluding carboxylic acids is 1. The van der Waals surface area contributed by atoms with Gasteiger partial charge in [-0.15, -0.1) is 0 Å². The highest BCUT2D eigenvalue weighted by Crippen LogP contribution is 2.29. The Kier molecular flexibility index (Phi) is 3.63. The fraction of sp³-hybridized carbons (Fsp3) is 0.125. The van der Waals surface area contributed by atoms with Gasteiger partial charge in [-0.05, 0) is 29.8 Å². The van der Waals surface area contributed by atoms with Crippen molar-refractivity contribution in [3.8, 4) is 11.8 Å². The van der Waals surface area contributed by atoms with Crippen LogP contribution in [-0.4, -0.2) is 12.0 Å². The van der Waals surface area contributed by atoms with Crippen molar-refractivity contribution in [2.75, 3.05) is 5.32 Å². The first kappa shape index (κ1) is 13.7. The minimum atomic E-state index is -0.562. The maximum Gasteiger partial charge on any atom is 0.265 e. The normalized spacial score (nSPS) is 15.7. The van der Waals surface area contributed by atoms with Crippen LogP contribution >= 0.6 is 15.9 Å². The van der Waals surface area contributed by atoms with Crippen LogP contribution in [0.3, 0.4) is 0 Å². The van der Waals surface area contributed by atoms with Gasteiger partial charge >= 0.3 is 0 Å². The minimum Gasteiger partial charge on any atom is -0.480 e. The van der Waals surface area contributed by atoms with Crippen LogP contribution in [0.4, 0.5) is 5.69 Å². The summed E-state index contributed by atoms with van der Waals surface area (Å²) in [7, 11) is 0. The number of benzene rings is 2. The first-order valence-corrected chi connectivity index (χ1v) is 7.22. The van der Waals surface area contributed by atoms with E-state index in [1.807, 2.05) is 24.3 Å². The van der Waals surface area contributed by atoms with E-state index < -0.39 is 6.10 Å². The molecule has 5 heteroatoms. The first-order valence-electron chi connectivity index (χ1n) is 6.42. The molecule has 2 aromatic carbocycles. The number of fused-ring (bicyclic) bond motifs is 1. The zero-order valence-corrected chi connectivity index (χ0v) is 12.6. The Bertz CT molecular complexity index is 727. The molecule has 0 saturated heterocycles. The molecule has 1 unspecified atom stereocenters. The number of anilines is 1. The Labute approximate surface area is 130 Å². The second-order valence-electron chi connectivity index (χ2n) is 4.71. The van der Waals surface area contributed by atoms with Crippen LogP contribution in [-0.2, 0) is 11.2 Å². The van der Waals surface area contributed by atoms with Crippen LogP contribution in [0, 0.1) is 11.3 Å². The molecule has 21 heavy (non-hydrogen) atoms. The van der Waals surface area contributed by atoms with Gasteiger partial charge in [0.15, 0.2) is 6.10 Å². The number of para-hydroxylation sites is 1. The number of carbonyl (C=O) groups is 1. The SMILES string of the molecule is N#Cc1ccc(Br)cc1NC(=O)C1Cc2ccccc2O1. The number of nitrogens with one attached hydrogen (secondary N) is 1. The molecular weight excluding hydrogens is 332 g/mol. The van der Waals surface area contributed by atoms with E-state index in [4.69, 9.17) is 10.00 Å². The number of hydrogen-bond donors (Lipinski definition) is 1. The summed E-state index contributed by atoms with van der Waals surface area (Å²) in [6.07, 6.45) is -0.0225. The van der Waals surface area contributed by atoms with Crippen molar-refractivity contribution < 1.29 is 9.53 Å².